The molecule has 160 valence electrons. The lowest BCUT2D eigenvalue weighted by molar-refractivity contribution is -0.153. The van der Waals surface area contributed by atoms with Gasteiger partial charge in [-0.25, -0.2) is 4.79 Å². The largest absolute Gasteiger partial charge is 0.464 e. The van der Waals surface area contributed by atoms with E-state index in [2.05, 4.69) is 13.8 Å². The Morgan fingerprint density at radius 2 is 1.97 bits per heavy atom. The van der Waals surface area contributed by atoms with Crippen molar-refractivity contribution in [3.8, 4) is 0 Å². The molecule has 3 aliphatic rings. The maximum atomic E-state index is 13.0. The number of hydrogen-bond donors (Lipinski definition) is 1. The number of halogens is 1. The van der Waals surface area contributed by atoms with E-state index in [1.165, 1.54) is 27.0 Å². The normalized spacial score (nSPS) is 26.5. The monoisotopic (exact) mass is 432 g/mol. The fourth-order valence-corrected chi connectivity index (χ4v) is 3.82. The summed E-state index contributed by atoms with van der Waals surface area (Å²) in [6, 6.07) is 0. The van der Waals surface area contributed by atoms with E-state index in [0.29, 0.717) is 22.8 Å². The van der Waals surface area contributed by atoms with Gasteiger partial charge in [-0.2, -0.15) is 0 Å². The average molecular weight is 433 g/mol. The highest BCUT2D eigenvalue weighted by atomic mass is 35.5. The highest BCUT2D eigenvalue weighted by Crippen LogP contribution is 2.49. The molecule has 0 fully saturated rings. The van der Waals surface area contributed by atoms with Gasteiger partial charge in [0.1, 0.15) is 11.3 Å². The average Bonchev–Trinajstić information content (AvgIpc) is 3.00. The van der Waals surface area contributed by atoms with Crippen molar-refractivity contribution < 1.29 is 29.0 Å². The van der Waals surface area contributed by atoms with Gasteiger partial charge >= 0.3 is 5.97 Å². The van der Waals surface area contributed by atoms with E-state index in [4.69, 9.17) is 21.1 Å². The molecule has 3 rings (SSSR count). The molecule has 0 saturated heterocycles. The SMILES string of the molecule is CC[C@@H](C)/C=C/C1=CC2=C(Cl)C(=O)[C@@]3(C)OC(=O)C(C(=O)[C@@H](C)[C@@H](C)O)=C3C2=CO1. The van der Waals surface area contributed by atoms with Crippen molar-refractivity contribution in [3.63, 3.8) is 0 Å². The van der Waals surface area contributed by atoms with E-state index in [9.17, 15) is 19.5 Å². The second-order valence-electron chi connectivity index (χ2n) is 8.06. The van der Waals surface area contributed by atoms with Crippen molar-refractivity contribution in [2.24, 2.45) is 11.8 Å². The molecule has 0 bridgehead atoms. The number of aliphatic hydroxyl groups excluding tert-OH is 1. The number of carbonyl (C=O) groups excluding carboxylic acids is 3. The predicted octanol–water partition coefficient (Wildman–Crippen LogP) is 3.66. The summed E-state index contributed by atoms with van der Waals surface area (Å²) < 4.78 is 11.1. The van der Waals surface area contributed by atoms with E-state index in [0.717, 1.165) is 6.42 Å². The number of fused-ring (bicyclic) bond motifs is 3. The minimum atomic E-state index is -1.71. The second kappa shape index (κ2) is 8.00. The maximum absolute atomic E-state index is 13.0. The van der Waals surface area contributed by atoms with Gasteiger partial charge in [-0.05, 0) is 31.9 Å². The smallest absolute Gasteiger partial charge is 0.343 e. The third-order valence-electron chi connectivity index (χ3n) is 5.87. The number of allylic oxidation sites excluding steroid dienone is 4. The predicted molar refractivity (Wildman–Crippen MR) is 111 cm³/mol. The number of esters is 1. The lowest BCUT2D eigenvalue weighted by atomic mass is 9.74. The summed E-state index contributed by atoms with van der Waals surface area (Å²) in [4.78, 5) is 38.6. The number of Topliss-reactive ketones (excluding diaryl/α,β-unsaturated/α-hetero) is 2. The van der Waals surface area contributed by atoms with Crippen LogP contribution in [0.2, 0.25) is 0 Å². The van der Waals surface area contributed by atoms with Crippen molar-refractivity contribution >= 4 is 29.1 Å². The van der Waals surface area contributed by atoms with Crippen molar-refractivity contribution in [1.82, 2.24) is 0 Å². The Bertz CT molecular complexity index is 978. The highest BCUT2D eigenvalue weighted by molar-refractivity contribution is 6.46. The van der Waals surface area contributed by atoms with E-state index in [1.807, 2.05) is 6.08 Å². The lowest BCUT2D eigenvalue weighted by Crippen LogP contribution is -2.42. The third-order valence-corrected chi connectivity index (χ3v) is 6.25. The van der Waals surface area contributed by atoms with Crippen LogP contribution in [0.5, 0.6) is 0 Å². The first-order valence-corrected chi connectivity index (χ1v) is 10.3. The fraction of sp³-hybridized carbons (Fsp3) is 0.435. The number of ketones is 2. The van der Waals surface area contributed by atoms with Gasteiger partial charge in [-0.3, -0.25) is 9.59 Å². The number of hydrogen-bond acceptors (Lipinski definition) is 6. The zero-order valence-electron chi connectivity index (χ0n) is 17.6. The van der Waals surface area contributed by atoms with E-state index >= 15 is 0 Å². The van der Waals surface area contributed by atoms with Crippen LogP contribution >= 0.6 is 11.6 Å². The second-order valence-corrected chi connectivity index (χ2v) is 8.44. The van der Waals surface area contributed by atoms with Gasteiger partial charge in [-0.1, -0.05) is 44.9 Å². The van der Waals surface area contributed by atoms with Crippen molar-refractivity contribution in [3.05, 3.63) is 57.6 Å². The molecule has 0 amide bonds. The van der Waals surface area contributed by atoms with Crippen LogP contribution in [0.1, 0.15) is 41.0 Å². The zero-order chi connectivity index (χ0) is 22.4. The van der Waals surface area contributed by atoms with Gasteiger partial charge < -0.3 is 14.6 Å². The Kier molecular flexibility index (Phi) is 5.94. The molecule has 0 radical (unpaired) electrons. The van der Waals surface area contributed by atoms with Crippen LogP contribution in [0.25, 0.3) is 0 Å². The first kappa shape index (κ1) is 22.2. The summed E-state index contributed by atoms with van der Waals surface area (Å²) >= 11 is 6.37. The van der Waals surface area contributed by atoms with Crippen LogP contribution in [-0.4, -0.2) is 34.3 Å². The van der Waals surface area contributed by atoms with E-state index in [1.54, 1.807) is 12.2 Å². The Morgan fingerprint density at radius 1 is 1.30 bits per heavy atom. The van der Waals surface area contributed by atoms with Gasteiger partial charge in [0.25, 0.3) is 0 Å². The van der Waals surface area contributed by atoms with Crippen molar-refractivity contribution in [2.75, 3.05) is 0 Å². The minimum absolute atomic E-state index is 0.0877. The molecule has 4 atom stereocenters. The standard InChI is InChI=1S/C23H25ClO6/c1-6-11(2)7-8-14-9-15-16(10-29-14)18-17(20(26)12(3)13(4)25)22(28)30-23(18,5)21(27)19(15)24/h7-13,25H,6H2,1-5H3/b8-7+/t11-,12+,13-,23+/m1/s1. The maximum Gasteiger partial charge on any atom is 0.343 e. The van der Waals surface area contributed by atoms with Crippen LogP contribution in [0.4, 0.5) is 0 Å². The molecule has 6 nitrogen and oxygen atoms in total. The highest BCUT2D eigenvalue weighted by Gasteiger charge is 2.57. The molecule has 1 aliphatic carbocycles. The first-order chi connectivity index (χ1) is 14.0. The molecule has 0 aromatic heterocycles. The number of ether oxygens (including phenoxy) is 2. The number of aliphatic hydroxyl groups is 1. The van der Waals surface area contributed by atoms with Gasteiger partial charge in [0.15, 0.2) is 11.4 Å². The molecule has 2 heterocycles. The third kappa shape index (κ3) is 3.48. The first-order valence-electron chi connectivity index (χ1n) is 9.95. The topological polar surface area (TPSA) is 89.9 Å². The van der Waals surface area contributed by atoms with Crippen molar-refractivity contribution in [2.45, 2.75) is 52.7 Å². The van der Waals surface area contributed by atoms with Gasteiger partial charge in [0, 0.05) is 22.6 Å². The molecule has 7 heteroatoms. The summed E-state index contributed by atoms with van der Waals surface area (Å²) in [5.74, 6) is -2.12. The van der Waals surface area contributed by atoms with E-state index < -0.39 is 35.2 Å². The molecule has 0 unspecified atom stereocenters. The van der Waals surface area contributed by atoms with Crippen LogP contribution in [0.3, 0.4) is 0 Å². The van der Waals surface area contributed by atoms with E-state index in [-0.39, 0.29) is 16.2 Å². The molecular weight excluding hydrogens is 408 g/mol. The Morgan fingerprint density at radius 3 is 2.57 bits per heavy atom. The fourth-order valence-electron chi connectivity index (χ4n) is 3.48. The minimum Gasteiger partial charge on any atom is -0.464 e. The summed E-state index contributed by atoms with van der Waals surface area (Å²) in [6.45, 7) is 8.53. The number of carbonyl (C=O) groups is 3. The van der Waals surface area contributed by atoms with Crippen LogP contribution in [-0.2, 0) is 23.9 Å². The molecule has 0 spiro atoms. The summed E-state index contributed by atoms with van der Waals surface area (Å²) in [6.07, 6.45) is 6.76. The van der Waals surface area contributed by atoms with Gasteiger partial charge in [0.05, 0.1) is 17.4 Å². The Labute approximate surface area is 180 Å². The van der Waals surface area contributed by atoms with Crippen LogP contribution < -0.4 is 0 Å². The molecular formula is C23H25ClO6. The zero-order valence-corrected chi connectivity index (χ0v) is 18.4. The van der Waals surface area contributed by atoms with Gasteiger partial charge in [-0.15, -0.1) is 0 Å². The molecule has 0 aromatic rings. The Hall–Kier alpha value is -2.44. The van der Waals surface area contributed by atoms with Crippen LogP contribution in [0, 0.1) is 11.8 Å². The Balaban J connectivity index is 2.15. The number of rotatable bonds is 6. The quantitative estimate of drug-likeness (QED) is 0.509. The van der Waals surface area contributed by atoms with Crippen LogP contribution in [0.15, 0.2) is 57.6 Å². The molecule has 0 aromatic carbocycles. The van der Waals surface area contributed by atoms with Crippen molar-refractivity contribution in [1.29, 1.82) is 0 Å². The molecule has 30 heavy (non-hydrogen) atoms. The molecule has 2 aliphatic heterocycles. The summed E-state index contributed by atoms with van der Waals surface area (Å²) in [7, 11) is 0. The summed E-state index contributed by atoms with van der Waals surface area (Å²) in [5.41, 5.74) is -1.10. The molecule has 0 saturated carbocycles. The summed E-state index contributed by atoms with van der Waals surface area (Å²) in [5, 5.41) is 9.75. The lowest BCUT2D eigenvalue weighted by Gasteiger charge is -2.33. The molecule has 1 N–H and O–H groups in total. The van der Waals surface area contributed by atoms with Gasteiger partial charge in [0.2, 0.25) is 5.78 Å².